The Hall–Kier alpha value is -4.84. The fourth-order valence-electron chi connectivity index (χ4n) is 6.14. The minimum atomic E-state index is -1.96. The van der Waals surface area contributed by atoms with E-state index in [1.807, 2.05) is 42.5 Å². The van der Waals surface area contributed by atoms with E-state index in [1.165, 1.54) is 22.7 Å². The predicted molar refractivity (Wildman–Crippen MR) is 175 cm³/mol. The van der Waals surface area contributed by atoms with Crippen LogP contribution in [0, 0.1) is 5.82 Å². The Morgan fingerprint density at radius 3 is 2.46 bits per heavy atom. The van der Waals surface area contributed by atoms with E-state index in [9.17, 15) is 14.0 Å². The summed E-state index contributed by atoms with van der Waals surface area (Å²) in [7, 11) is 0. The van der Waals surface area contributed by atoms with Crippen LogP contribution < -0.4 is 15.2 Å². The number of hydrogen-bond acceptors (Lipinski definition) is 8. The Morgan fingerprint density at radius 1 is 0.891 bits per heavy atom. The Balaban J connectivity index is 1.32. The first kappa shape index (κ1) is 28.6. The van der Waals surface area contributed by atoms with Gasteiger partial charge < -0.3 is 9.32 Å². The lowest BCUT2D eigenvalue weighted by molar-refractivity contribution is -0.121. The lowest BCUT2D eigenvalue weighted by Crippen LogP contribution is -2.53. The second-order valence-corrected chi connectivity index (χ2v) is 13.4. The van der Waals surface area contributed by atoms with Crippen molar-refractivity contribution in [2.24, 2.45) is 0 Å². The molecule has 12 heteroatoms. The number of carbonyl (C=O) groups is 2. The molecule has 2 aliphatic rings. The lowest BCUT2D eigenvalue weighted by Gasteiger charge is -2.32. The van der Waals surface area contributed by atoms with Crippen molar-refractivity contribution < 1.29 is 18.4 Å². The van der Waals surface area contributed by atoms with Gasteiger partial charge in [0.15, 0.2) is 15.3 Å². The van der Waals surface area contributed by atoms with Crippen molar-refractivity contribution in [3.63, 3.8) is 0 Å². The van der Waals surface area contributed by atoms with Gasteiger partial charge in [-0.05, 0) is 47.5 Å². The number of para-hydroxylation sites is 1. The summed E-state index contributed by atoms with van der Waals surface area (Å²) in [6, 6.07) is 27.4. The molecule has 4 aromatic carbocycles. The molecule has 6 aromatic rings. The highest BCUT2D eigenvalue weighted by Crippen LogP contribution is 2.55. The monoisotopic (exact) mass is 666 g/mol. The molecule has 2 aliphatic heterocycles. The first-order valence-electron chi connectivity index (χ1n) is 14.1. The maximum Gasteiger partial charge on any atom is 0.297 e. The molecule has 0 N–H and O–H groups in total. The van der Waals surface area contributed by atoms with Crippen LogP contribution in [0.25, 0.3) is 11.0 Å². The zero-order valence-corrected chi connectivity index (χ0v) is 26.0. The molecule has 1 atom stereocenters. The van der Waals surface area contributed by atoms with Gasteiger partial charge in [-0.15, -0.1) is 10.2 Å². The summed E-state index contributed by atoms with van der Waals surface area (Å²) >= 11 is 8.57. The summed E-state index contributed by atoms with van der Waals surface area (Å²) in [5, 5.41) is 9.37. The highest BCUT2D eigenvalue weighted by molar-refractivity contribution is 8.00. The first-order valence-corrected chi connectivity index (χ1v) is 16.3. The number of aromatic nitrogens is 2. The predicted octanol–water partition coefficient (Wildman–Crippen LogP) is 7.18. The molecule has 226 valence electrons. The molecule has 4 heterocycles. The van der Waals surface area contributed by atoms with Gasteiger partial charge in [0, 0.05) is 16.3 Å². The third-order valence-corrected chi connectivity index (χ3v) is 10.5. The highest BCUT2D eigenvalue weighted by Gasteiger charge is 2.66. The smallest absolute Gasteiger partial charge is 0.297 e. The van der Waals surface area contributed by atoms with Crippen molar-refractivity contribution in [3.8, 4) is 0 Å². The van der Waals surface area contributed by atoms with E-state index in [4.69, 9.17) is 16.0 Å². The molecule has 2 aromatic heterocycles. The van der Waals surface area contributed by atoms with Crippen LogP contribution in [0.1, 0.15) is 32.8 Å². The van der Waals surface area contributed by atoms with Crippen molar-refractivity contribution in [1.29, 1.82) is 0 Å². The largest absolute Gasteiger partial charge is 0.450 e. The highest BCUT2D eigenvalue weighted by atomic mass is 35.5. The third kappa shape index (κ3) is 4.30. The van der Waals surface area contributed by atoms with Crippen molar-refractivity contribution in [2.45, 2.75) is 22.2 Å². The van der Waals surface area contributed by atoms with E-state index in [0.29, 0.717) is 26.4 Å². The molecule has 0 saturated heterocycles. The number of anilines is 2. The maximum atomic E-state index is 15.0. The molecular formula is C34H20ClFN4O4S2. The number of rotatable bonds is 6. The van der Waals surface area contributed by atoms with Gasteiger partial charge in [0.05, 0.1) is 23.2 Å². The quantitative estimate of drug-likeness (QED) is 0.137. The van der Waals surface area contributed by atoms with Gasteiger partial charge in [0.1, 0.15) is 11.4 Å². The molecule has 0 bridgehead atoms. The van der Waals surface area contributed by atoms with Crippen LogP contribution in [-0.4, -0.2) is 22.0 Å². The number of nitrogens with zero attached hydrogens (tertiary/aromatic N) is 4. The number of hydrogen-bond donors (Lipinski definition) is 0. The van der Waals surface area contributed by atoms with Gasteiger partial charge >= 0.3 is 0 Å². The van der Waals surface area contributed by atoms with E-state index < -0.39 is 28.6 Å². The molecule has 0 fully saturated rings. The third-order valence-electron chi connectivity index (χ3n) is 8.13. The molecule has 0 aliphatic carbocycles. The van der Waals surface area contributed by atoms with Crippen molar-refractivity contribution in [2.75, 3.05) is 9.80 Å². The van der Waals surface area contributed by atoms with Crippen LogP contribution in [-0.2, 0) is 22.6 Å². The number of benzene rings is 4. The summed E-state index contributed by atoms with van der Waals surface area (Å²) in [6.45, 7) is 0.182. The Labute approximate surface area is 274 Å². The van der Waals surface area contributed by atoms with E-state index in [0.717, 1.165) is 34.6 Å². The number of halogens is 2. The fourth-order valence-corrected chi connectivity index (χ4v) is 8.11. The molecule has 46 heavy (non-hydrogen) atoms. The van der Waals surface area contributed by atoms with Crippen molar-refractivity contribution >= 4 is 68.3 Å². The van der Waals surface area contributed by atoms with Gasteiger partial charge in [0.2, 0.25) is 10.9 Å². The van der Waals surface area contributed by atoms with Gasteiger partial charge in [-0.3, -0.25) is 19.3 Å². The Morgan fingerprint density at radius 2 is 1.65 bits per heavy atom. The van der Waals surface area contributed by atoms with Crippen LogP contribution in [0.5, 0.6) is 0 Å². The normalized spacial score (nSPS) is 16.9. The minimum absolute atomic E-state index is 0.0341. The zero-order chi connectivity index (χ0) is 31.6. The number of fused-ring (bicyclic) bond motifs is 5. The summed E-state index contributed by atoms with van der Waals surface area (Å²) in [6.07, 6.45) is 0. The van der Waals surface area contributed by atoms with E-state index >= 15 is 4.79 Å². The van der Waals surface area contributed by atoms with Gasteiger partial charge in [0.25, 0.3) is 11.8 Å². The van der Waals surface area contributed by atoms with Crippen LogP contribution in [0.4, 0.5) is 15.2 Å². The molecule has 0 radical (unpaired) electrons. The fraction of sp³-hybridized carbons (Fsp3) is 0.0882. The van der Waals surface area contributed by atoms with Crippen LogP contribution in [0.15, 0.2) is 111 Å². The van der Waals surface area contributed by atoms with Crippen molar-refractivity contribution in [3.05, 3.63) is 146 Å². The summed E-state index contributed by atoms with van der Waals surface area (Å²) in [4.78, 5) is 46.6. The Kier molecular flexibility index (Phi) is 6.78. The standard InChI is InChI=1S/C34H20ClFN4O4S2/c35-21-12-10-20(11-13-21)18-45-33-38-37-32(46-33)40-30(42)29-27(28(41)23-16-22(36)14-15-26(23)44-29)34(40)24-8-4-5-9-25(24)39(31(34)43)17-19-6-2-1-3-7-19/h1-16H,17-18H2. The number of thioether (sulfide) groups is 1. The van der Waals surface area contributed by atoms with Gasteiger partial charge in [-0.1, -0.05) is 95.4 Å². The lowest BCUT2D eigenvalue weighted by atomic mass is 9.84. The first-order chi connectivity index (χ1) is 22.4. The molecule has 1 spiro atoms. The average molecular weight is 667 g/mol. The molecular weight excluding hydrogens is 647 g/mol. The summed E-state index contributed by atoms with van der Waals surface area (Å²) < 4.78 is 21.0. The van der Waals surface area contributed by atoms with Crippen LogP contribution in [0.3, 0.4) is 0 Å². The van der Waals surface area contributed by atoms with E-state index in [1.54, 1.807) is 41.3 Å². The number of carbonyl (C=O) groups excluding carboxylic acids is 2. The number of amides is 2. The molecule has 0 saturated carbocycles. The second-order valence-electron chi connectivity index (χ2n) is 10.8. The average Bonchev–Trinajstić information content (AvgIpc) is 3.71. The molecule has 8 rings (SSSR count). The van der Waals surface area contributed by atoms with Gasteiger partial charge in [-0.25, -0.2) is 4.39 Å². The summed E-state index contributed by atoms with van der Waals surface area (Å²) in [5.74, 6) is -1.62. The van der Waals surface area contributed by atoms with Crippen molar-refractivity contribution in [1.82, 2.24) is 10.2 Å². The molecule has 8 nitrogen and oxygen atoms in total. The SMILES string of the molecule is O=C1c2oc3ccc(F)cc3c(=O)c2C2(C(=O)N(Cc3ccccc3)c3ccccc32)N1c1nnc(SCc2ccc(Cl)cc2)s1. The van der Waals surface area contributed by atoms with Gasteiger partial charge in [-0.2, -0.15) is 0 Å². The summed E-state index contributed by atoms with van der Waals surface area (Å²) in [5.41, 5.74) is 0.0374. The second kappa shape index (κ2) is 10.9. The maximum absolute atomic E-state index is 15.0. The molecule has 2 amide bonds. The topological polar surface area (TPSA) is 96.6 Å². The Bertz CT molecular complexity index is 2260. The van der Waals surface area contributed by atoms with Crippen LogP contribution >= 0.6 is 34.7 Å². The molecule has 1 unspecified atom stereocenters. The van der Waals surface area contributed by atoms with Crippen LogP contribution in [0.2, 0.25) is 5.02 Å². The van der Waals surface area contributed by atoms with E-state index in [-0.39, 0.29) is 34.0 Å². The minimum Gasteiger partial charge on any atom is -0.450 e. The van der Waals surface area contributed by atoms with E-state index in [2.05, 4.69) is 10.2 Å². The zero-order valence-electron chi connectivity index (χ0n) is 23.6.